The van der Waals surface area contributed by atoms with E-state index in [1.54, 1.807) is 16.7 Å². The average Bonchev–Trinajstić information content (AvgIpc) is 3.40. The maximum absolute atomic E-state index is 12.5. The SMILES string of the molecule is CC1(CN2CCN(C3CCN(C(=O)O)C(Cc4ccc(OC(F)(F)F)cc4)C3)CC2)Cn2cc([N+](=O)[O-])nc2O1. The fourth-order valence-electron chi connectivity index (χ4n) is 6.03. The second-order valence-corrected chi connectivity index (χ2v) is 10.8. The highest BCUT2D eigenvalue weighted by Crippen LogP contribution is 2.32. The molecule has 1 aromatic heterocycles. The maximum atomic E-state index is 12.5. The van der Waals surface area contributed by atoms with Gasteiger partial charge in [0.15, 0.2) is 0 Å². The predicted octanol–water partition coefficient (Wildman–Crippen LogP) is 3.21. The molecule has 2 aromatic rings. The molecule has 218 valence electrons. The molecule has 3 aliphatic rings. The number of fused-ring (bicyclic) bond motifs is 1. The highest BCUT2D eigenvalue weighted by atomic mass is 19.4. The van der Waals surface area contributed by atoms with Crippen molar-refractivity contribution in [1.29, 1.82) is 0 Å². The van der Waals surface area contributed by atoms with Gasteiger partial charge in [-0.3, -0.25) is 14.4 Å². The summed E-state index contributed by atoms with van der Waals surface area (Å²) in [6, 6.07) is 5.73. The van der Waals surface area contributed by atoms with E-state index in [0.29, 0.717) is 38.9 Å². The molecule has 1 amide bonds. The van der Waals surface area contributed by atoms with Gasteiger partial charge in [-0.1, -0.05) is 12.1 Å². The summed E-state index contributed by atoms with van der Waals surface area (Å²) in [6.07, 6.45) is -2.63. The lowest BCUT2D eigenvalue weighted by atomic mass is 9.91. The lowest BCUT2D eigenvalue weighted by molar-refractivity contribution is -0.389. The van der Waals surface area contributed by atoms with Gasteiger partial charge in [-0.15, -0.1) is 13.2 Å². The Morgan fingerprint density at radius 1 is 1.23 bits per heavy atom. The van der Waals surface area contributed by atoms with Crippen LogP contribution in [-0.4, -0.2) is 104 Å². The van der Waals surface area contributed by atoms with Gasteiger partial charge in [0, 0.05) is 56.3 Å². The second-order valence-electron chi connectivity index (χ2n) is 10.8. The van der Waals surface area contributed by atoms with Crippen LogP contribution in [0.3, 0.4) is 0 Å². The number of nitro groups is 1. The van der Waals surface area contributed by atoms with E-state index >= 15 is 0 Å². The Morgan fingerprint density at radius 2 is 1.93 bits per heavy atom. The molecule has 3 unspecified atom stereocenters. The molecule has 4 heterocycles. The van der Waals surface area contributed by atoms with Crippen LogP contribution in [0.5, 0.6) is 11.8 Å². The predicted molar refractivity (Wildman–Crippen MR) is 134 cm³/mol. The lowest BCUT2D eigenvalue weighted by Crippen LogP contribution is -2.58. The number of carbonyl (C=O) groups is 1. The summed E-state index contributed by atoms with van der Waals surface area (Å²) in [7, 11) is 0. The molecule has 12 nitrogen and oxygen atoms in total. The quantitative estimate of drug-likeness (QED) is 0.396. The van der Waals surface area contributed by atoms with Crippen molar-refractivity contribution >= 4 is 11.9 Å². The smallest absolute Gasteiger partial charge is 0.465 e. The van der Waals surface area contributed by atoms with Crippen molar-refractivity contribution in [1.82, 2.24) is 24.3 Å². The average molecular weight is 569 g/mol. The normalized spacial score (nSPS) is 25.9. The fourth-order valence-corrected chi connectivity index (χ4v) is 6.03. The number of amides is 1. The Labute approximate surface area is 228 Å². The van der Waals surface area contributed by atoms with Crippen LogP contribution in [-0.2, 0) is 13.0 Å². The number of benzene rings is 1. The van der Waals surface area contributed by atoms with Gasteiger partial charge in [0.05, 0.1) is 6.54 Å². The third kappa shape index (κ3) is 6.41. The molecule has 1 N–H and O–H groups in total. The minimum atomic E-state index is -4.77. The van der Waals surface area contributed by atoms with Crippen LogP contribution in [0.2, 0.25) is 0 Å². The minimum Gasteiger partial charge on any atom is -0.465 e. The lowest BCUT2D eigenvalue weighted by Gasteiger charge is -2.46. The van der Waals surface area contributed by atoms with E-state index in [2.05, 4.69) is 19.5 Å². The largest absolute Gasteiger partial charge is 0.573 e. The molecule has 0 saturated carbocycles. The molecule has 1 aromatic carbocycles. The molecular weight excluding hydrogens is 537 g/mol. The van der Waals surface area contributed by atoms with E-state index in [4.69, 9.17) is 4.74 Å². The molecule has 15 heteroatoms. The number of carboxylic acid groups (broad SMARTS) is 1. The summed E-state index contributed by atoms with van der Waals surface area (Å²) in [5.74, 6) is -0.542. The summed E-state index contributed by atoms with van der Waals surface area (Å²) < 4.78 is 49.0. The van der Waals surface area contributed by atoms with Crippen LogP contribution in [0, 0.1) is 10.1 Å². The van der Waals surface area contributed by atoms with Crippen molar-refractivity contribution in [2.75, 3.05) is 39.3 Å². The van der Waals surface area contributed by atoms with Crippen molar-refractivity contribution in [3.05, 3.63) is 46.1 Å². The van der Waals surface area contributed by atoms with E-state index in [1.165, 1.54) is 23.2 Å². The number of hydrogen-bond donors (Lipinski definition) is 1. The Hall–Kier alpha value is -3.59. The number of ether oxygens (including phenoxy) is 2. The van der Waals surface area contributed by atoms with E-state index in [0.717, 1.165) is 31.7 Å². The molecular formula is C25H31F3N6O6. The number of piperidine rings is 1. The number of halogens is 3. The Bertz CT molecular complexity index is 1210. The van der Waals surface area contributed by atoms with Crippen molar-refractivity contribution in [3.8, 4) is 11.8 Å². The first-order valence-corrected chi connectivity index (χ1v) is 13.1. The van der Waals surface area contributed by atoms with Gasteiger partial charge in [0.1, 0.15) is 17.5 Å². The van der Waals surface area contributed by atoms with Gasteiger partial charge >= 0.3 is 24.3 Å². The fraction of sp³-hybridized carbons (Fsp3) is 0.600. The van der Waals surface area contributed by atoms with Gasteiger partial charge in [-0.2, -0.15) is 0 Å². The first-order valence-electron chi connectivity index (χ1n) is 13.1. The van der Waals surface area contributed by atoms with E-state index in [9.17, 15) is 33.2 Å². The summed E-state index contributed by atoms with van der Waals surface area (Å²) >= 11 is 0. The highest BCUT2D eigenvalue weighted by Gasteiger charge is 2.42. The van der Waals surface area contributed by atoms with Crippen LogP contribution < -0.4 is 9.47 Å². The van der Waals surface area contributed by atoms with Crippen molar-refractivity contribution < 1.29 is 37.5 Å². The van der Waals surface area contributed by atoms with Crippen LogP contribution in [0.1, 0.15) is 25.3 Å². The van der Waals surface area contributed by atoms with Crippen LogP contribution in [0.15, 0.2) is 30.5 Å². The third-order valence-corrected chi connectivity index (χ3v) is 7.80. The van der Waals surface area contributed by atoms with Gasteiger partial charge in [-0.05, 0) is 48.8 Å². The van der Waals surface area contributed by atoms with Crippen LogP contribution >= 0.6 is 0 Å². The number of likely N-dealkylation sites (tertiary alicyclic amines) is 1. The molecule has 3 aliphatic heterocycles. The van der Waals surface area contributed by atoms with E-state index < -0.39 is 23.0 Å². The number of alkyl halides is 3. The third-order valence-electron chi connectivity index (χ3n) is 7.80. The number of hydrogen-bond acceptors (Lipinski definition) is 8. The molecule has 0 spiro atoms. The maximum Gasteiger partial charge on any atom is 0.573 e. The zero-order valence-corrected chi connectivity index (χ0v) is 21.9. The number of nitrogens with zero attached hydrogens (tertiary/aromatic N) is 6. The van der Waals surface area contributed by atoms with Crippen molar-refractivity contribution in [3.63, 3.8) is 0 Å². The van der Waals surface area contributed by atoms with Gasteiger partial charge < -0.3 is 29.6 Å². The molecule has 0 radical (unpaired) electrons. The highest BCUT2D eigenvalue weighted by molar-refractivity contribution is 5.65. The molecule has 0 bridgehead atoms. The first kappa shape index (κ1) is 28.0. The number of rotatable bonds is 7. The zero-order valence-electron chi connectivity index (χ0n) is 21.9. The van der Waals surface area contributed by atoms with Gasteiger partial charge in [0.2, 0.25) is 0 Å². The standard InChI is InChI=1S/C25H31F3N6O6/c1-24(16-32-14-21(34(37)38)29-22(32)40-24)15-30-8-10-31(11-9-30)18-6-7-33(23(35)36)19(13-18)12-17-2-4-20(5-3-17)39-25(26,27)28/h2-5,14,18-19H,6-13,15-16H2,1H3,(H,35,36). The van der Waals surface area contributed by atoms with Gasteiger partial charge in [-0.25, -0.2) is 4.79 Å². The Kier molecular flexibility index (Phi) is 7.52. The number of aromatic nitrogens is 2. The molecule has 40 heavy (non-hydrogen) atoms. The number of piperazine rings is 1. The minimum absolute atomic E-state index is 0.194. The van der Waals surface area contributed by atoms with E-state index in [-0.39, 0.29) is 29.7 Å². The number of imidazole rings is 1. The van der Waals surface area contributed by atoms with Crippen molar-refractivity contribution in [2.45, 2.75) is 56.8 Å². The molecule has 0 aliphatic carbocycles. The summed E-state index contributed by atoms with van der Waals surface area (Å²) in [5, 5.41) is 20.7. The van der Waals surface area contributed by atoms with Crippen LogP contribution in [0.4, 0.5) is 23.8 Å². The molecule has 3 atom stereocenters. The molecule has 2 fully saturated rings. The zero-order chi connectivity index (χ0) is 28.7. The topological polar surface area (TPSA) is 126 Å². The Morgan fingerprint density at radius 3 is 2.52 bits per heavy atom. The van der Waals surface area contributed by atoms with Crippen molar-refractivity contribution in [2.24, 2.45) is 0 Å². The van der Waals surface area contributed by atoms with Gasteiger partial charge in [0.25, 0.3) is 0 Å². The summed E-state index contributed by atoms with van der Waals surface area (Å²) in [5.41, 5.74) is 0.199. The monoisotopic (exact) mass is 568 g/mol. The molecule has 5 rings (SSSR count). The Balaban J connectivity index is 1.14. The molecule has 2 saturated heterocycles. The summed E-state index contributed by atoms with van der Waals surface area (Å²) in [4.78, 5) is 32.4. The second kappa shape index (κ2) is 10.8. The van der Waals surface area contributed by atoms with Crippen LogP contribution in [0.25, 0.3) is 0 Å². The first-order chi connectivity index (χ1) is 18.9. The van der Waals surface area contributed by atoms with E-state index in [1.807, 2.05) is 6.92 Å². The summed E-state index contributed by atoms with van der Waals surface area (Å²) in [6.45, 7) is 6.68.